The summed E-state index contributed by atoms with van der Waals surface area (Å²) in [5.41, 5.74) is 0.0999. The summed E-state index contributed by atoms with van der Waals surface area (Å²) in [6, 6.07) is 15.7. The van der Waals surface area contributed by atoms with Crippen molar-refractivity contribution in [1.29, 1.82) is 0 Å². The van der Waals surface area contributed by atoms with E-state index in [0.717, 1.165) is 5.56 Å². The molecule has 0 spiro atoms. The molecule has 24 heavy (non-hydrogen) atoms. The van der Waals surface area contributed by atoms with Gasteiger partial charge in [0.15, 0.2) is 5.78 Å². The largest absolute Gasteiger partial charge is 0.384 e. The van der Waals surface area contributed by atoms with Gasteiger partial charge in [-0.05, 0) is 36.8 Å². The first-order valence-electron chi connectivity index (χ1n) is 7.72. The standard InChI is InChI=1S/C19H20ClNO3/c1-19(24,15-5-3-2-4-6-15)13-21-18(23)12-11-17(22)14-7-9-16(20)10-8-14/h2-10,24H,11-13H2,1H3,(H,21,23). The van der Waals surface area contributed by atoms with Crippen LogP contribution in [0.15, 0.2) is 54.6 Å². The van der Waals surface area contributed by atoms with E-state index in [2.05, 4.69) is 5.32 Å². The van der Waals surface area contributed by atoms with Gasteiger partial charge in [0.05, 0.1) is 6.54 Å². The molecule has 126 valence electrons. The summed E-state index contributed by atoms with van der Waals surface area (Å²) in [5, 5.41) is 13.7. The first-order valence-corrected chi connectivity index (χ1v) is 8.10. The zero-order valence-electron chi connectivity index (χ0n) is 13.5. The fourth-order valence-electron chi connectivity index (χ4n) is 2.27. The van der Waals surface area contributed by atoms with E-state index in [9.17, 15) is 14.7 Å². The Morgan fingerprint density at radius 2 is 1.67 bits per heavy atom. The fourth-order valence-corrected chi connectivity index (χ4v) is 2.39. The SMILES string of the molecule is CC(O)(CNC(=O)CCC(=O)c1ccc(Cl)cc1)c1ccccc1. The van der Waals surface area contributed by atoms with Gasteiger partial charge in [0.1, 0.15) is 5.60 Å². The van der Waals surface area contributed by atoms with Gasteiger partial charge in [-0.2, -0.15) is 0 Å². The molecule has 0 saturated heterocycles. The first kappa shape index (κ1) is 18.2. The Morgan fingerprint density at radius 1 is 1.04 bits per heavy atom. The van der Waals surface area contributed by atoms with Crippen molar-refractivity contribution in [2.24, 2.45) is 0 Å². The number of hydrogen-bond donors (Lipinski definition) is 2. The van der Waals surface area contributed by atoms with Gasteiger partial charge in [0.25, 0.3) is 0 Å². The minimum Gasteiger partial charge on any atom is -0.384 e. The topological polar surface area (TPSA) is 66.4 Å². The second-order valence-corrected chi connectivity index (χ2v) is 6.28. The summed E-state index contributed by atoms with van der Waals surface area (Å²) in [7, 11) is 0. The molecule has 0 aliphatic carbocycles. The van der Waals surface area contributed by atoms with Crippen LogP contribution in [0.2, 0.25) is 5.02 Å². The van der Waals surface area contributed by atoms with Gasteiger partial charge >= 0.3 is 0 Å². The molecule has 0 bridgehead atoms. The van der Waals surface area contributed by atoms with Crippen LogP contribution in [0.3, 0.4) is 0 Å². The van der Waals surface area contributed by atoms with Crippen molar-refractivity contribution in [3.8, 4) is 0 Å². The van der Waals surface area contributed by atoms with Crippen LogP contribution in [-0.4, -0.2) is 23.3 Å². The number of carbonyl (C=O) groups is 2. The Bertz CT molecular complexity index is 696. The predicted octanol–water partition coefficient (Wildman–Crippen LogP) is 3.33. The Kier molecular flexibility index (Phi) is 6.12. The summed E-state index contributed by atoms with van der Waals surface area (Å²) in [6.45, 7) is 1.73. The summed E-state index contributed by atoms with van der Waals surface area (Å²) in [6.07, 6.45) is 0.188. The average molecular weight is 346 g/mol. The van der Waals surface area contributed by atoms with E-state index in [1.807, 2.05) is 18.2 Å². The van der Waals surface area contributed by atoms with Crippen LogP contribution in [0.4, 0.5) is 0 Å². The van der Waals surface area contributed by atoms with Crippen LogP contribution >= 0.6 is 11.6 Å². The van der Waals surface area contributed by atoms with Gasteiger partial charge in [0.2, 0.25) is 5.91 Å². The van der Waals surface area contributed by atoms with Crippen molar-refractivity contribution < 1.29 is 14.7 Å². The highest BCUT2D eigenvalue weighted by Crippen LogP contribution is 2.19. The Balaban J connectivity index is 1.81. The van der Waals surface area contributed by atoms with Crippen LogP contribution in [-0.2, 0) is 10.4 Å². The molecule has 0 aromatic heterocycles. The maximum atomic E-state index is 12.0. The molecule has 1 atom stereocenters. The number of aliphatic hydroxyl groups is 1. The van der Waals surface area contributed by atoms with Crippen LogP contribution in [0, 0.1) is 0 Å². The fraction of sp³-hybridized carbons (Fsp3) is 0.263. The second-order valence-electron chi connectivity index (χ2n) is 5.85. The van der Waals surface area contributed by atoms with E-state index >= 15 is 0 Å². The number of carbonyl (C=O) groups excluding carboxylic acids is 2. The van der Waals surface area contributed by atoms with Crippen LogP contribution < -0.4 is 5.32 Å². The predicted molar refractivity (Wildman–Crippen MR) is 94.0 cm³/mol. The van der Waals surface area contributed by atoms with E-state index in [1.165, 1.54) is 0 Å². The Labute approximate surface area is 146 Å². The third-order valence-corrected chi connectivity index (χ3v) is 4.02. The summed E-state index contributed by atoms with van der Waals surface area (Å²) < 4.78 is 0. The van der Waals surface area contributed by atoms with Gasteiger partial charge < -0.3 is 10.4 Å². The number of benzene rings is 2. The van der Waals surface area contributed by atoms with Crippen LogP contribution in [0.1, 0.15) is 35.7 Å². The van der Waals surface area contributed by atoms with Gasteiger partial charge in [-0.1, -0.05) is 41.9 Å². The molecule has 2 aromatic rings. The second kappa shape index (κ2) is 8.08. The summed E-state index contributed by atoms with van der Waals surface area (Å²) >= 11 is 5.78. The lowest BCUT2D eigenvalue weighted by molar-refractivity contribution is -0.122. The highest BCUT2D eigenvalue weighted by atomic mass is 35.5. The average Bonchev–Trinajstić information content (AvgIpc) is 2.59. The summed E-state index contributed by atoms with van der Waals surface area (Å²) in [5.74, 6) is -0.384. The molecule has 2 N–H and O–H groups in total. The van der Waals surface area contributed by atoms with Gasteiger partial charge in [-0.25, -0.2) is 0 Å². The quantitative estimate of drug-likeness (QED) is 0.756. The molecular weight excluding hydrogens is 326 g/mol. The molecule has 0 fully saturated rings. The van der Waals surface area contributed by atoms with Gasteiger partial charge in [-0.3, -0.25) is 9.59 Å². The number of rotatable bonds is 7. The maximum Gasteiger partial charge on any atom is 0.220 e. The molecule has 0 heterocycles. The molecule has 1 unspecified atom stereocenters. The number of halogens is 1. The van der Waals surface area contributed by atoms with E-state index in [0.29, 0.717) is 10.6 Å². The number of hydrogen-bond acceptors (Lipinski definition) is 3. The minimum absolute atomic E-state index is 0.0757. The molecule has 0 radical (unpaired) electrons. The van der Waals surface area contributed by atoms with Crippen molar-refractivity contribution in [3.05, 3.63) is 70.7 Å². The lowest BCUT2D eigenvalue weighted by Gasteiger charge is -2.24. The smallest absolute Gasteiger partial charge is 0.220 e. The monoisotopic (exact) mass is 345 g/mol. The highest BCUT2D eigenvalue weighted by molar-refractivity contribution is 6.30. The van der Waals surface area contributed by atoms with Crippen molar-refractivity contribution in [1.82, 2.24) is 5.32 Å². The first-order chi connectivity index (χ1) is 11.4. The zero-order chi connectivity index (χ0) is 17.6. The number of nitrogens with one attached hydrogen (secondary N) is 1. The van der Waals surface area contributed by atoms with Gasteiger partial charge in [-0.15, -0.1) is 0 Å². The van der Waals surface area contributed by atoms with E-state index < -0.39 is 5.60 Å². The van der Waals surface area contributed by atoms with Crippen molar-refractivity contribution in [3.63, 3.8) is 0 Å². The Morgan fingerprint density at radius 3 is 2.29 bits per heavy atom. The van der Waals surface area contributed by atoms with Crippen molar-refractivity contribution in [2.75, 3.05) is 6.54 Å². The maximum absolute atomic E-state index is 12.0. The van der Waals surface area contributed by atoms with Crippen LogP contribution in [0.25, 0.3) is 0 Å². The van der Waals surface area contributed by atoms with E-state index in [4.69, 9.17) is 11.6 Å². The molecule has 2 rings (SSSR count). The Hall–Kier alpha value is -2.17. The lowest BCUT2D eigenvalue weighted by Crippen LogP contribution is -2.38. The molecule has 4 nitrogen and oxygen atoms in total. The van der Waals surface area contributed by atoms with Crippen LogP contribution in [0.5, 0.6) is 0 Å². The zero-order valence-corrected chi connectivity index (χ0v) is 14.2. The summed E-state index contributed by atoms with van der Waals surface area (Å²) in [4.78, 5) is 23.9. The molecule has 1 amide bonds. The minimum atomic E-state index is -1.16. The number of Topliss-reactive ketones (excluding diaryl/α,β-unsaturated/α-hetero) is 1. The third kappa shape index (κ3) is 5.18. The molecule has 2 aromatic carbocycles. The van der Waals surface area contributed by atoms with E-state index in [-0.39, 0.29) is 31.1 Å². The normalized spacial score (nSPS) is 13.1. The molecule has 0 saturated carbocycles. The molecule has 0 aliphatic heterocycles. The molecule has 0 aliphatic rings. The molecular formula is C19H20ClNO3. The van der Waals surface area contributed by atoms with Gasteiger partial charge in [0, 0.05) is 23.4 Å². The number of amides is 1. The molecule has 5 heteroatoms. The number of ketones is 1. The van der Waals surface area contributed by atoms with Crippen molar-refractivity contribution >= 4 is 23.3 Å². The third-order valence-electron chi connectivity index (χ3n) is 3.77. The highest BCUT2D eigenvalue weighted by Gasteiger charge is 2.23. The van der Waals surface area contributed by atoms with E-state index in [1.54, 1.807) is 43.3 Å². The lowest BCUT2D eigenvalue weighted by atomic mass is 9.96. The van der Waals surface area contributed by atoms with Crippen molar-refractivity contribution in [2.45, 2.75) is 25.4 Å².